The lowest BCUT2D eigenvalue weighted by Gasteiger charge is -2.17. The Hall–Kier alpha value is -2.00. The highest BCUT2D eigenvalue weighted by Crippen LogP contribution is 2.15. The SMILES string of the molecule is CN(Cc1ccc(Cl)cc1)C(=O)c1cccc(O)c1. The van der Waals surface area contributed by atoms with Gasteiger partial charge in [0.05, 0.1) is 0 Å². The van der Waals surface area contributed by atoms with Crippen LogP contribution in [0.15, 0.2) is 48.5 Å². The third kappa shape index (κ3) is 3.48. The van der Waals surface area contributed by atoms with Crippen molar-refractivity contribution in [3.05, 3.63) is 64.7 Å². The van der Waals surface area contributed by atoms with Crippen LogP contribution in [-0.4, -0.2) is 23.0 Å². The zero-order valence-electron chi connectivity index (χ0n) is 10.5. The molecule has 4 heteroatoms. The van der Waals surface area contributed by atoms with E-state index in [1.165, 1.54) is 12.1 Å². The van der Waals surface area contributed by atoms with Gasteiger partial charge in [-0.3, -0.25) is 4.79 Å². The number of phenolic OH excluding ortho intramolecular Hbond substituents is 1. The summed E-state index contributed by atoms with van der Waals surface area (Å²) in [5, 5.41) is 10.1. The van der Waals surface area contributed by atoms with Gasteiger partial charge in [0, 0.05) is 24.2 Å². The van der Waals surface area contributed by atoms with Gasteiger partial charge in [-0.1, -0.05) is 29.8 Å². The molecule has 0 aliphatic carbocycles. The molecular weight excluding hydrogens is 262 g/mol. The summed E-state index contributed by atoms with van der Waals surface area (Å²) in [7, 11) is 1.72. The summed E-state index contributed by atoms with van der Waals surface area (Å²) >= 11 is 5.82. The number of carbonyl (C=O) groups is 1. The van der Waals surface area contributed by atoms with Gasteiger partial charge < -0.3 is 10.0 Å². The highest BCUT2D eigenvalue weighted by atomic mass is 35.5. The lowest BCUT2D eigenvalue weighted by Crippen LogP contribution is -2.26. The molecule has 0 fully saturated rings. The van der Waals surface area contributed by atoms with Crippen LogP contribution in [0.2, 0.25) is 5.02 Å². The van der Waals surface area contributed by atoms with Gasteiger partial charge >= 0.3 is 0 Å². The van der Waals surface area contributed by atoms with E-state index in [-0.39, 0.29) is 11.7 Å². The van der Waals surface area contributed by atoms with Crippen molar-refractivity contribution in [3.8, 4) is 5.75 Å². The molecule has 0 heterocycles. The Labute approximate surface area is 117 Å². The number of benzene rings is 2. The Morgan fingerprint density at radius 3 is 2.53 bits per heavy atom. The molecule has 19 heavy (non-hydrogen) atoms. The molecule has 3 nitrogen and oxygen atoms in total. The number of rotatable bonds is 3. The first kappa shape index (κ1) is 13.4. The molecule has 0 bridgehead atoms. The quantitative estimate of drug-likeness (QED) is 0.933. The van der Waals surface area contributed by atoms with Crippen LogP contribution in [-0.2, 0) is 6.54 Å². The molecule has 0 aliphatic rings. The normalized spacial score (nSPS) is 10.2. The minimum Gasteiger partial charge on any atom is -0.508 e. The number of hydrogen-bond acceptors (Lipinski definition) is 2. The summed E-state index contributed by atoms with van der Waals surface area (Å²) in [6, 6.07) is 13.7. The van der Waals surface area contributed by atoms with Crippen molar-refractivity contribution in [2.75, 3.05) is 7.05 Å². The number of nitrogens with zero attached hydrogens (tertiary/aromatic N) is 1. The van der Waals surface area contributed by atoms with Gasteiger partial charge in [0.15, 0.2) is 0 Å². The molecule has 2 aromatic rings. The molecule has 0 aliphatic heterocycles. The smallest absolute Gasteiger partial charge is 0.254 e. The molecule has 0 saturated heterocycles. The molecule has 0 saturated carbocycles. The van der Waals surface area contributed by atoms with Crippen molar-refractivity contribution in [2.45, 2.75) is 6.54 Å². The number of carbonyl (C=O) groups excluding carboxylic acids is 1. The number of amides is 1. The third-order valence-corrected chi connectivity index (χ3v) is 3.02. The Morgan fingerprint density at radius 2 is 1.89 bits per heavy atom. The minimum absolute atomic E-state index is 0.0887. The van der Waals surface area contributed by atoms with Crippen molar-refractivity contribution in [3.63, 3.8) is 0 Å². The van der Waals surface area contributed by atoms with Crippen LogP contribution in [0.5, 0.6) is 5.75 Å². The summed E-state index contributed by atoms with van der Waals surface area (Å²) in [6.07, 6.45) is 0. The van der Waals surface area contributed by atoms with E-state index in [0.717, 1.165) is 5.56 Å². The number of halogens is 1. The molecule has 1 amide bonds. The second-order valence-electron chi connectivity index (χ2n) is 4.34. The van der Waals surface area contributed by atoms with Crippen molar-refractivity contribution in [2.24, 2.45) is 0 Å². The molecule has 0 radical (unpaired) electrons. The van der Waals surface area contributed by atoms with Gasteiger partial charge in [0.2, 0.25) is 0 Å². The van der Waals surface area contributed by atoms with Gasteiger partial charge in [-0.05, 0) is 35.9 Å². The van der Waals surface area contributed by atoms with E-state index in [9.17, 15) is 9.90 Å². The van der Waals surface area contributed by atoms with E-state index in [2.05, 4.69) is 0 Å². The van der Waals surface area contributed by atoms with Crippen LogP contribution >= 0.6 is 11.6 Å². The molecule has 0 unspecified atom stereocenters. The number of aromatic hydroxyl groups is 1. The molecule has 98 valence electrons. The van der Waals surface area contributed by atoms with Crippen LogP contribution < -0.4 is 0 Å². The van der Waals surface area contributed by atoms with Crippen molar-refractivity contribution in [1.29, 1.82) is 0 Å². The second-order valence-corrected chi connectivity index (χ2v) is 4.77. The van der Waals surface area contributed by atoms with Crippen molar-refractivity contribution in [1.82, 2.24) is 4.90 Å². The van der Waals surface area contributed by atoms with Crippen LogP contribution in [0.1, 0.15) is 15.9 Å². The lowest BCUT2D eigenvalue weighted by atomic mass is 10.1. The third-order valence-electron chi connectivity index (χ3n) is 2.77. The highest BCUT2D eigenvalue weighted by molar-refractivity contribution is 6.30. The van der Waals surface area contributed by atoms with Crippen LogP contribution in [0, 0.1) is 0 Å². The van der Waals surface area contributed by atoms with Crippen molar-refractivity contribution < 1.29 is 9.90 Å². The topological polar surface area (TPSA) is 40.5 Å². The lowest BCUT2D eigenvalue weighted by molar-refractivity contribution is 0.0784. The summed E-state index contributed by atoms with van der Waals surface area (Å²) < 4.78 is 0. The van der Waals surface area contributed by atoms with E-state index in [4.69, 9.17) is 11.6 Å². The van der Waals surface area contributed by atoms with E-state index < -0.39 is 0 Å². The fraction of sp³-hybridized carbons (Fsp3) is 0.133. The fourth-order valence-electron chi connectivity index (χ4n) is 1.79. The number of hydrogen-bond donors (Lipinski definition) is 1. The van der Waals surface area contributed by atoms with E-state index in [0.29, 0.717) is 17.1 Å². The zero-order chi connectivity index (χ0) is 13.8. The molecule has 2 aromatic carbocycles. The Morgan fingerprint density at radius 1 is 1.21 bits per heavy atom. The maximum Gasteiger partial charge on any atom is 0.254 e. The largest absolute Gasteiger partial charge is 0.508 e. The van der Waals surface area contributed by atoms with Gasteiger partial charge in [0.1, 0.15) is 5.75 Å². The van der Waals surface area contributed by atoms with Gasteiger partial charge in [0.25, 0.3) is 5.91 Å². The summed E-state index contributed by atoms with van der Waals surface area (Å²) in [5.41, 5.74) is 1.47. The van der Waals surface area contributed by atoms with Crippen LogP contribution in [0.3, 0.4) is 0 Å². The Balaban J connectivity index is 2.09. The van der Waals surface area contributed by atoms with E-state index in [1.54, 1.807) is 36.2 Å². The van der Waals surface area contributed by atoms with Crippen LogP contribution in [0.4, 0.5) is 0 Å². The molecule has 1 N–H and O–H groups in total. The first-order valence-electron chi connectivity index (χ1n) is 5.85. The minimum atomic E-state index is -0.133. The summed E-state index contributed by atoms with van der Waals surface area (Å²) in [4.78, 5) is 13.8. The molecule has 0 spiro atoms. The maximum atomic E-state index is 12.2. The average molecular weight is 276 g/mol. The Bertz CT molecular complexity index is 581. The van der Waals surface area contributed by atoms with E-state index >= 15 is 0 Å². The standard InChI is InChI=1S/C15H14ClNO2/c1-17(10-11-5-7-13(16)8-6-11)15(19)12-3-2-4-14(18)9-12/h2-9,18H,10H2,1H3. The van der Waals surface area contributed by atoms with Crippen molar-refractivity contribution >= 4 is 17.5 Å². The molecule has 0 atom stereocenters. The predicted octanol–water partition coefficient (Wildman–Crippen LogP) is 3.32. The second kappa shape index (κ2) is 5.76. The molecular formula is C15H14ClNO2. The highest BCUT2D eigenvalue weighted by Gasteiger charge is 2.12. The van der Waals surface area contributed by atoms with Gasteiger partial charge in [-0.25, -0.2) is 0 Å². The fourth-order valence-corrected chi connectivity index (χ4v) is 1.92. The summed E-state index contributed by atoms with van der Waals surface area (Å²) in [6.45, 7) is 0.492. The zero-order valence-corrected chi connectivity index (χ0v) is 11.3. The maximum absolute atomic E-state index is 12.2. The summed E-state index contributed by atoms with van der Waals surface area (Å²) in [5.74, 6) is -0.0448. The predicted molar refractivity (Wildman–Crippen MR) is 75.4 cm³/mol. The molecule has 0 aromatic heterocycles. The number of phenols is 1. The monoisotopic (exact) mass is 275 g/mol. The van der Waals surface area contributed by atoms with E-state index in [1.807, 2.05) is 12.1 Å². The van der Waals surface area contributed by atoms with Gasteiger partial charge in [-0.2, -0.15) is 0 Å². The average Bonchev–Trinajstić information content (AvgIpc) is 2.40. The first-order chi connectivity index (χ1) is 9.06. The first-order valence-corrected chi connectivity index (χ1v) is 6.23. The van der Waals surface area contributed by atoms with Gasteiger partial charge in [-0.15, -0.1) is 0 Å². The van der Waals surface area contributed by atoms with Crippen LogP contribution in [0.25, 0.3) is 0 Å². The molecule has 2 rings (SSSR count). The Kier molecular flexibility index (Phi) is 4.07.